The van der Waals surface area contributed by atoms with Gasteiger partial charge in [-0.25, -0.2) is 0 Å². The zero-order valence-corrected chi connectivity index (χ0v) is 8.47. The molecular weight excluding hydrogens is 148 g/mol. The Bertz CT molecular complexity index is 156. The first-order valence-corrected chi connectivity index (χ1v) is 4.90. The summed E-state index contributed by atoms with van der Waals surface area (Å²) in [6.45, 7) is 4.35. The summed E-state index contributed by atoms with van der Waals surface area (Å²) in [6.07, 6.45) is 8.06. The zero-order chi connectivity index (χ0) is 8.97. The van der Waals surface area contributed by atoms with Crippen LogP contribution in [0.3, 0.4) is 0 Å². The minimum atomic E-state index is 0.513. The van der Waals surface area contributed by atoms with Crippen molar-refractivity contribution >= 4 is 0 Å². The summed E-state index contributed by atoms with van der Waals surface area (Å²) in [5, 5.41) is 0. The largest absolute Gasteiger partial charge is 0.381 e. The van der Waals surface area contributed by atoms with Crippen LogP contribution in [0.2, 0.25) is 0 Å². The summed E-state index contributed by atoms with van der Waals surface area (Å²) in [5.41, 5.74) is 1.44. The molecule has 70 valence electrons. The molecule has 0 aliphatic heterocycles. The first kappa shape index (κ1) is 9.79. The van der Waals surface area contributed by atoms with E-state index in [9.17, 15) is 0 Å². The number of allylic oxidation sites excluding steroid dienone is 2. The second-order valence-electron chi connectivity index (χ2n) is 4.03. The lowest BCUT2D eigenvalue weighted by Crippen LogP contribution is -2.20. The lowest BCUT2D eigenvalue weighted by molar-refractivity contribution is 0.0588. The van der Waals surface area contributed by atoms with Gasteiger partial charge in [0.15, 0.2) is 0 Å². The monoisotopic (exact) mass is 168 g/mol. The van der Waals surface area contributed by atoms with Crippen LogP contribution < -0.4 is 0 Å². The second kappa shape index (κ2) is 4.66. The molecule has 0 radical (unpaired) electrons. The Kier molecular flexibility index (Phi) is 3.80. The van der Waals surface area contributed by atoms with Crippen LogP contribution in [0.5, 0.6) is 0 Å². The van der Waals surface area contributed by atoms with Crippen LogP contribution in [0.1, 0.15) is 39.5 Å². The van der Waals surface area contributed by atoms with Gasteiger partial charge < -0.3 is 4.74 Å². The van der Waals surface area contributed by atoms with Crippen molar-refractivity contribution in [1.29, 1.82) is 0 Å². The maximum absolute atomic E-state index is 5.37. The van der Waals surface area contributed by atoms with Crippen molar-refractivity contribution < 1.29 is 4.74 Å². The molecule has 1 aliphatic rings. The highest BCUT2D eigenvalue weighted by Crippen LogP contribution is 2.27. The Labute approximate surface area is 75.8 Å². The number of rotatable bonds is 2. The number of ether oxygens (including phenoxy) is 1. The van der Waals surface area contributed by atoms with Crippen LogP contribution in [0, 0.1) is 5.92 Å². The van der Waals surface area contributed by atoms with Crippen LogP contribution in [0.4, 0.5) is 0 Å². The zero-order valence-electron chi connectivity index (χ0n) is 8.47. The summed E-state index contributed by atoms with van der Waals surface area (Å²) in [5.74, 6) is 0.772. The summed E-state index contributed by atoms with van der Waals surface area (Å²) < 4.78 is 5.37. The smallest absolute Gasteiger partial charge is 0.0577 e. The fourth-order valence-corrected chi connectivity index (χ4v) is 2.02. The van der Waals surface area contributed by atoms with E-state index in [2.05, 4.69) is 19.9 Å². The van der Waals surface area contributed by atoms with Crippen molar-refractivity contribution in [2.24, 2.45) is 5.92 Å². The quantitative estimate of drug-likeness (QED) is 0.575. The molecule has 12 heavy (non-hydrogen) atoms. The van der Waals surface area contributed by atoms with Crippen molar-refractivity contribution in [3.63, 3.8) is 0 Å². The number of hydrogen-bond donors (Lipinski definition) is 0. The van der Waals surface area contributed by atoms with Crippen molar-refractivity contribution in [3.05, 3.63) is 11.6 Å². The summed E-state index contributed by atoms with van der Waals surface area (Å²) in [7, 11) is 1.83. The van der Waals surface area contributed by atoms with E-state index < -0.39 is 0 Å². The fourth-order valence-electron chi connectivity index (χ4n) is 2.02. The molecule has 0 heterocycles. The van der Waals surface area contributed by atoms with Gasteiger partial charge in [0.25, 0.3) is 0 Å². The van der Waals surface area contributed by atoms with E-state index in [1.54, 1.807) is 0 Å². The number of hydrogen-bond acceptors (Lipinski definition) is 1. The van der Waals surface area contributed by atoms with Gasteiger partial charge in [0.05, 0.1) is 6.10 Å². The Morgan fingerprint density at radius 1 is 1.33 bits per heavy atom. The van der Waals surface area contributed by atoms with Crippen molar-refractivity contribution in [2.75, 3.05) is 7.11 Å². The maximum atomic E-state index is 5.37. The molecule has 2 atom stereocenters. The van der Waals surface area contributed by atoms with Crippen LogP contribution >= 0.6 is 0 Å². The van der Waals surface area contributed by atoms with Gasteiger partial charge in [-0.1, -0.05) is 18.1 Å². The number of methoxy groups -OCH3 is 1. The van der Waals surface area contributed by atoms with Gasteiger partial charge in [0.2, 0.25) is 0 Å². The topological polar surface area (TPSA) is 9.23 Å². The molecule has 0 aromatic rings. The molecule has 0 amide bonds. The van der Waals surface area contributed by atoms with Crippen LogP contribution in [0.15, 0.2) is 11.6 Å². The average Bonchev–Trinajstić information content (AvgIpc) is 2.03. The molecule has 0 aromatic heterocycles. The first-order chi connectivity index (χ1) is 5.72. The van der Waals surface area contributed by atoms with Crippen molar-refractivity contribution in [2.45, 2.75) is 45.6 Å². The van der Waals surface area contributed by atoms with Gasteiger partial charge in [-0.15, -0.1) is 0 Å². The van der Waals surface area contributed by atoms with Crippen LogP contribution in [-0.2, 0) is 4.74 Å². The van der Waals surface area contributed by atoms with Crippen LogP contribution in [-0.4, -0.2) is 13.2 Å². The Hall–Kier alpha value is -0.300. The molecular formula is C11H20O. The summed E-state index contributed by atoms with van der Waals surface area (Å²) in [4.78, 5) is 0. The maximum Gasteiger partial charge on any atom is 0.0577 e. The highest BCUT2D eigenvalue weighted by Gasteiger charge is 2.19. The molecule has 0 spiro atoms. The van der Waals surface area contributed by atoms with Gasteiger partial charge in [-0.2, -0.15) is 0 Å². The highest BCUT2D eigenvalue weighted by atomic mass is 16.5. The molecule has 1 aliphatic carbocycles. The first-order valence-electron chi connectivity index (χ1n) is 4.90. The molecule has 1 rings (SSSR count). The summed E-state index contributed by atoms with van der Waals surface area (Å²) >= 11 is 0. The minimum absolute atomic E-state index is 0.513. The minimum Gasteiger partial charge on any atom is -0.381 e. The van der Waals surface area contributed by atoms with Gasteiger partial charge in [-0.05, 0) is 39.0 Å². The predicted molar refractivity (Wildman–Crippen MR) is 52.2 cm³/mol. The van der Waals surface area contributed by atoms with Gasteiger partial charge in [0.1, 0.15) is 0 Å². The lowest BCUT2D eigenvalue weighted by Gasteiger charge is -2.26. The molecule has 0 saturated heterocycles. The Morgan fingerprint density at radius 2 is 2.08 bits per heavy atom. The van der Waals surface area contributed by atoms with E-state index in [4.69, 9.17) is 4.74 Å². The van der Waals surface area contributed by atoms with E-state index in [1.807, 2.05) is 7.11 Å². The molecule has 0 N–H and O–H groups in total. The van der Waals surface area contributed by atoms with Crippen molar-refractivity contribution in [3.8, 4) is 0 Å². The molecule has 1 nitrogen and oxygen atoms in total. The Balaban J connectivity index is 2.40. The van der Waals surface area contributed by atoms with E-state index in [0.717, 1.165) is 5.92 Å². The third kappa shape index (κ3) is 2.98. The van der Waals surface area contributed by atoms with Gasteiger partial charge >= 0.3 is 0 Å². The molecule has 0 aromatic carbocycles. The fraction of sp³-hybridized carbons (Fsp3) is 0.818. The lowest BCUT2D eigenvalue weighted by atomic mass is 9.86. The molecule has 1 saturated carbocycles. The van der Waals surface area contributed by atoms with E-state index in [1.165, 1.54) is 31.3 Å². The van der Waals surface area contributed by atoms with Crippen LogP contribution in [0.25, 0.3) is 0 Å². The van der Waals surface area contributed by atoms with Gasteiger partial charge in [0, 0.05) is 7.11 Å². The third-order valence-electron chi connectivity index (χ3n) is 2.57. The SMILES string of the molecule is COC1CCCC(C=C(C)C)C1. The molecule has 1 fully saturated rings. The third-order valence-corrected chi connectivity index (χ3v) is 2.57. The summed E-state index contributed by atoms with van der Waals surface area (Å²) in [6, 6.07) is 0. The normalized spacial score (nSPS) is 29.9. The van der Waals surface area contributed by atoms with Crippen molar-refractivity contribution in [1.82, 2.24) is 0 Å². The predicted octanol–water partition coefficient (Wildman–Crippen LogP) is 3.16. The Morgan fingerprint density at radius 3 is 2.67 bits per heavy atom. The average molecular weight is 168 g/mol. The highest BCUT2D eigenvalue weighted by molar-refractivity contribution is 4.99. The standard InChI is InChI=1S/C11H20O/c1-9(2)7-10-5-4-6-11(8-10)12-3/h7,10-11H,4-6,8H2,1-3H3. The molecule has 2 unspecified atom stereocenters. The molecule has 1 heteroatoms. The molecule has 0 bridgehead atoms. The van der Waals surface area contributed by atoms with Gasteiger partial charge in [-0.3, -0.25) is 0 Å². The van der Waals surface area contributed by atoms with E-state index >= 15 is 0 Å². The van der Waals surface area contributed by atoms with E-state index in [0.29, 0.717) is 6.10 Å². The van der Waals surface area contributed by atoms with E-state index in [-0.39, 0.29) is 0 Å². The second-order valence-corrected chi connectivity index (χ2v) is 4.03.